The molecule has 4 amide bonds. The highest BCUT2D eigenvalue weighted by Gasteiger charge is 2.44. The minimum atomic E-state index is -0.736. The Morgan fingerprint density at radius 2 is 1.80 bits per heavy atom. The molecular formula is C18H24FN3O3. The van der Waals surface area contributed by atoms with Gasteiger partial charge in [0.15, 0.2) is 0 Å². The summed E-state index contributed by atoms with van der Waals surface area (Å²) in [6, 6.07) is 4.01. The predicted octanol–water partition coefficient (Wildman–Crippen LogP) is 2.54. The van der Waals surface area contributed by atoms with E-state index in [0.717, 1.165) is 11.3 Å². The first-order valence-corrected chi connectivity index (χ1v) is 8.27. The van der Waals surface area contributed by atoms with Gasteiger partial charge in [0.25, 0.3) is 5.91 Å². The molecular weight excluding hydrogens is 325 g/mol. The van der Waals surface area contributed by atoms with Gasteiger partial charge < -0.3 is 5.32 Å². The average molecular weight is 349 g/mol. The molecule has 0 aromatic heterocycles. The van der Waals surface area contributed by atoms with Crippen molar-refractivity contribution in [2.24, 2.45) is 5.41 Å². The smallest absolute Gasteiger partial charge is 0.332 e. The Morgan fingerprint density at radius 1 is 1.20 bits per heavy atom. The fraction of sp³-hybridized carbons (Fsp3) is 0.500. The number of nitrogens with one attached hydrogen (secondary N) is 1. The number of urea groups is 1. The van der Waals surface area contributed by atoms with Gasteiger partial charge in [-0.25, -0.2) is 9.18 Å². The summed E-state index contributed by atoms with van der Waals surface area (Å²) in [7, 11) is 0. The number of anilines is 1. The molecule has 1 aromatic rings. The van der Waals surface area contributed by atoms with Crippen molar-refractivity contribution in [2.75, 3.05) is 18.0 Å². The maximum Gasteiger partial charge on any atom is 0.332 e. The van der Waals surface area contributed by atoms with Crippen LogP contribution >= 0.6 is 0 Å². The topological polar surface area (TPSA) is 69.7 Å². The van der Waals surface area contributed by atoms with Crippen molar-refractivity contribution in [3.63, 3.8) is 0 Å². The highest BCUT2D eigenvalue weighted by atomic mass is 19.1. The van der Waals surface area contributed by atoms with Crippen molar-refractivity contribution in [2.45, 2.75) is 40.2 Å². The van der Waals surface area contributed by atoms with Crippen LogP contribution in [0.1, 0.15) is 34.1 Å². The van der Waals surface area contributed by atoms with Gasteiger partial charge in [-0.1, -0.05) is 20.8 Å². The number of hydrogen-bond donors (Lipinski definition) is 1. The maximum atomic E-state index is 13.1. The molecule has 1 unspecified atom stereocenters. The number of benzene rings is 1. The Morgan fingerprint density at radius 3 is 2.36 bits per heavy atom. The zero-order valence-electron chi connectivity index (χ0n) is 15.0. The second-order valence-electron chi connectivity index (χ2n) is 7.39. The third-order valence-corrected chi connectivity index (χ3v) is 4.05. The van der Waals surface area contributed by atoms with E-state index >= 15 is 0 Å². The van der Waals surface area contributed by atoms with E-state index in [9.17, 15) is 18.8 Å². The molecule has 136 valence electrons. The van der Waals surface area contributed by atoms with E-state index in [1.165, 1.54) is 29.2 Å². The summed E-state index contributed by atoms with van der Waals surface area (Å²) in [4.78, 5) is 39.1. The van der Waals surface area contributed by atoms with Crippen molar-refractivity contribution in [1.29, 1.82) is 0 Å². The van der Waals surface area contributed by atoms with E-state index in [2.05, 4.69) is 26.1 Å². The molecule has 0 spiro atoms. The van der Waals surface area contributed by atoms with E-state index in [0.29, 0.717) is 12.2 Å². The van der Waals surface area contributed by atoms with Crippen LogP contribution in [0.5, 0.6) is 0 Å². The number of carbonyl (C=O) groups excluding carboxylic acids is 3. The number of rotatable bonds is 5. The van der Waals surface area contributed by atoms with Crippen LogP contribution in [0, 0.1) is 11.2 Å². The average Bonchev–Trinajstić information content (AvgIpc) is 2.71. The van der Waals surface area contributed by atoms with Crippen molar-refractivity contribution in [1.82, 2.24) is 10.2 Å². The summed E-state index contributed by atoms with van der Waals surface area (Å²) in [5, 5.41) is 2.73. The van der Waals surface area contributed by atoms with Crippen LogP contribution in [-0.4, -0.2) is 41.9 Å². The molecule has 2 rings (SSSR count). The molecule has 1 aromatic carbocycles. The Kier molecular flexibility index (Phi) is 5.45. The molecule has 7 heteroatoms. The van der Waals surface area contributed by atoms with Crippen LogP contribution in [0.25, 0.3) is 0 Å². The standard InChI is InChI=1S/C18H24FN3O3/c1-12-16(24)21(11-15(23)20-10-9-18(2,3)4)17(25)22(12)14-7-5-13(19)6-8-14/h5-8,12H,9-11H2,1-4H3,(H,20,23). The van der Waals surface area contributed by atoms with E-state index in [1.807, 2.05) is 0 Å². The van der Waals surface area contributed by atoms with Crippen LogP contribution in [-0.2, 0) is 9.59 Å². The first-order chi connectivity index (χ1) is 11.6. The Bertz CT molecular complexity index is 667. The molecule has 0 saturated carbocycles. The highest BCUT2D eigenvalue weighted by Crippen LogP contribution is 2.25. The van der Waals surface area contributed by atoms with E-state index < -0.39 is 23.8 Å². The lowest BCUT2D eigenvalue weighted by molar-refractivity contribution is -0.131. The molecule has 1 aliphatic rings. The van der Waals surface area contributed by atoms with Gasteiger partial charge in [-0.15, -0.1) is 0 Å². The Labute approximate surface area is 147 Å². The molecule has 0 bridgehead atoms. The summed E-state index contributed by atoms with van der Waals surface area (Å²) in [6.07, 6.45) is 0.790. The zero-order valence-corrected chi connectivity index (χ0v) is 15.0. The number of nitrogens with zero attached hydrogens (tertiary/aromatic N) is 2. The van der Waals surface area contributed by atoms with Gasteiger partial charge in [0.2, 0.25) is 5.91 Å². The minimum absolute atomic E-state index is 0.0838. The molecule has 6 nitrogen and oxygen atoms in total. The van der Waals surface area contributed by atoms with Gasteiger partial charge in [0, 0.05) is 12.2 Å². The van der Waals surface area contributed by atoms with Gasteiger partial charge in [0.1, 0.15) is 18.4 Å². The molecule has 25 heavy (non-hydrogen) atoms. The second kappa shape index (κ2) is 7.21. The number of carbonyl (C=O) groups is 3. The molecule has 0 aliphatic carbocycles. The van der Waals surface area contributed by atoms with Gasteiger partial charge in [0.05, 0.1) is 0 Å². The van der Waals surface area contributed by atoms with E-state index in [4.69, 9.17) is 0 Å². The summed E-state index contributed by atoms with van der Waals surface area (Å²) in [5.41, 5.74) is 0.503. The van der Waals surface area contributed by atoms with Crippen LogP contribution in [0.4, 0.5) is 14.9 Å². The van der Waals surface area contributed by atoms with E-state index in [-0.39, 0.29) is 17.9 Å². The third kappa shape index (κ3) is 4.55. The monoisotopic (exact) mass is 349 g/mol. The summed E-state index contributed by atoms with van der Waals surface area (Å²) >= 11 is 0. The Balaban J connectivity index is 2.02. The molecule has 0 radical (unpaired) electrons. The molecule has 1 fully saturated rings. The minimum Gasteiger partial charge on any atom is -0.355 e. The highest BCUT2D eigenvalue weighted by molar-refractivity contribution is 6.15. The lowest BCUT2D eigenvalue weighted by atomic mass is 9.92. The molecule has 1 heterocycles. The van der Waals surface area contributed by atoms with Crippen molar-refractivity contribution in [3.05, 3.63) is 30.1 Å². The van der Waals surface area contributed by atoms with Gasteiger partial charge in [-0.3, -0.25) is 19.4 Å². The van der Waals surface area contributed by atoms with Crippen LogP contribution < -0.4 is 10.2 Å². The van der Waals surface area contributed by atoms with Gasteiger partial charge >= 0.3 is 6.03 Å². The number of imide groups is 1. The zero-order chi connectivity index (χ0) is 18.8. The molecule has 1 saturated heterocycles. The molecule has 1 aliphatic heterocycles. The number of amides is 4. The van der Waals surface area contributed by atoms with Crippen LogP contribution in [0.3, 0.4) is 0 Å². The summed E-state index contributed by atoms with van der Waals surface area (Å²) in [5.74, 6) is -1.25. The van der Waals surface area contributed by atoms with Gasteiger partial charge in [-0.2, -0.15) is 0 Å². The molecule has 1 atom stereocenters. The second-order valence-corrected chi connectivity index (χ2v) is 7.39. The lowest BCUT2D eigenvalue weighted by Gasteiger charge is -2.20. The normalized spacial score (nSPS) is 18.0. The first-order valence-electron chi connectivity index (χ1n) is 8.27. The van der Waals surface area contributed by atoms with Crippen LogP contribution in [0.2, 0.25) is 0 Å². The number of halogens is 1. The lowest BCUT2D eigenvalue weighted by Crippen LogP contribution is -2.42. The summed E-state index contributed by atoms with van der Waals surface area (Å²) < 4.78 is 13.1. The predicted molar refractivity (Wildman–Crippen MR) is 92.5 cm³/mol. The van der Waals surface area contributed by atoms with E-state index in [1.54, 1.807) is 6.92 Å². The SMILES string of the molecule is CC1C(=O)N(CC(=O)NCCC(C)(C)C)C(=O)N1c1ccc(F)cc1. The van der Waals surface area contributed by atoms with Gasteiger partial charge in [-0.05, 0) is 43.0 Å². The fourth-order valence-electron chi connectivity index (χ4n) is 2.58. The first kappa shape index (κ1) is 18.9. The van der Waals surface area contributed by atoms with Crippen molar-refractivity contribution >= 4 is 23.5 Å². The van der Waals surface area contributed by atoms with Crippen LogP contribution in [0.15, 0.2) is 24.3 Å². The maximum absolute atomic E-state index is 13.1. The molecule has 1 N–H and O–H groups in total. The largest absolute Gasteiger partial charge is 0.355 e. The summed E-state index contributed by atoms with van der Waals surface area (Å²) in [6.45, 7) is 7.94. The fourth-order valence-corrected chi connectivity index (χ4v) is 2.58. The van der Waals surface area contributed by atoms with Crippen molar-refractivity contribution < 1.29 is 18.8 Å². The number of hydrogen-bond acceptors (Lipinski definition) is 3. The third-order valence-electron chi connectivity index (χ3n) is 4.05. The quantitative estimate of drug-likeness (QED) is 0.831. The van der Waals surface area contributed by atoms with Crippen molar-refractivity contribution in [3.8, 4) is 0 Å². The Hall–Kier alpha value is -2.44.